The molecule has 6 heteroatoms. The molecule has 3 aromatic rings. The van der Waals surface area contributed by atoms with Gasteiger partial charge in [0.15, 0.2) is 0 Å². The maximum absolute atomic E-state index is 12.7. The Balaban J connectivity index is 1.65. The van der Waals surface area contributed by atoms with Gasteiger partial charge in [0.2, 0.25) is 5.91 Å². The van der Waals surface area contributed by atoms with Gasteiger partial charge in [0, 0.05) is 24.7 Å². The lowest BCUT2D eigenvalue weighted by Crippen LogP contribution is -2.50. The Hall–Kier alpha value is -3.51. The molecule has 0 aliphatic carbocycles. The van der Waals surface area contributed by atoms with Crippen LogP contribution < -0.4 is 11.1 Å². The lowest BCUT2D eigenvalue weighted by atomic mass is 10.0. The molecule has 0 aliphatic heterocycles. The van der Waals surface area contributed by atoms with Crippen LogP contribution in [0.5, 0.6) is 0 Å². The molecule has 1 amide bonds. The average molecular weight is 403 g/mol. The number of esters is 1. The van der Waals surface area contributed by atoms with Crippen LogP contribution in [0.25, 0.3) is 0 Å². The molecule has 3 rings (SSSR count). The summed E-state index contributed by atoms with van der Waals surface area (Å²) in [4.78, 5) is 29.6. The number of hydrogen-bond acceptors (Lipinski definition) is 5. The number of pyridine rings is 1. The Kier molecular flexibility index (Phi) is 7.69. The highest BCUT2D eigenvalue weighted by Crippen LogP contribution is 2.08. The molecule has 1 aromatic heterocycles. The van der Waals surface area contributed by atoms with Gasteiger partial charge in [-0.3, -0.25) is 9.78 Å². The Morgan fingerprint density at radius 1 is 0.867 bits per heavy atom. The lowest BCUT2D eigenvalue weighted by Gasteiger charge is -2.20. The maximum atomic E-state index is 12.7. The van der Waals surface area contributed by atoms with Gasteiger partial charge < -0.3 is 15.8 Å². The number of carbonyl (C=O) groups excluding carboxylic acids is 2. The molecule has 2 aromatic carbocycles. The number of ether oxygens (including phenoxy) is 1. The third-order valence-electron chi connectivity index (χ3n) is 4.60. The van der Waals surface area contributed by atoms with Crippen molar-refractivity contribution < 1.29 is 14.3 Å². The van der Waals surface area contributed by atoms with E-state index in [0.717, 1.165) is 11.1 Å². The smallest absolute Gasteiger partial charge is 0.329 e. The number of benzene rings is 2. The first-order valence-corrected chi connectivity index (χ1v) is 9.82. The second kappa shape index (κ2) is 10.9. The average Bonchev–Trinajstić information content (AvgIpc) is 2.79. The van der Waals surface area contributed by atoms with E-state index in [4.69, 9.17) is 10.5 Å². The number of hydrogen-bond donors (Lipinski definition) is 2. The van der Waals surface area contributed by atoms with E-state index in [1.54, 1.807) is 12.3 Å². The summed E-state index contributed by atoms with van der Waals surface area (Å²) < 4.78 is 5.45. The molecule has 0 saturated carbocycles. The van der Waals surface area contributed by atoms with E-state index < -0.39 is 24.0 Å². The summed E-state index contributed by atoms with van der Waals surface area (Å²) in [5.41, 5.74) is 8.56. The van der Waals surface area contributed by atoms with Crippen LogP contribution in [0.4, 0.5) is 0 Å². The van der Waals surface area contributed by atoms with Gasteiger partial charge in [-0.25, -0.2) is 4.79 Å². The predicted molar refractivity (Wildman–Crippen MR) is 114 cm³/mol. The molecular formula is C24H25N3O3. The molecule has 0 spiro atoms. The zero-order chi connectivity index (χ0) is 21.2. The van der Waals surface area contributed by atoms with Crippen molar-refractivity contribution in [1.29, 1.82) is 0 Å². The van der Waals surface area contributed by atoms with E-state index in [0.29, 0.717) is 12.1 Å². The van der Waals surface area contributed by atoms with Gasteiger partial charge >= 0.3 is 5.97 Å². The quantitative estimate of drug-likeness (QED) is 0.535. The van der Waals surface area contributed by atoms with Crippen molar-refractivity contribution in [2.45, 2.75) is 31.5 Å². The molecule has 0 aliphatic rings. The fourth-order valence-electron chi connectivity index (χ4n) is 2.99. The molecule has 0 saturated heterocycles. The summed E-state index contributed by atoms with van der Waals surface area (Å²) in [6.07, 6.45) is 2.25. The molecule has 1 heterocycles. The van der Waals surface area contributed by atoms with Gasteiger partial charge in [-0.15, -0.1) is 0 Å². The van der Waals surface area contributed by atoms with E-state index in [2.05, 4.69) is 10.3 Å². The molecule has 2 atom stereocenters. The van der Waals surface area contributed by atoms with Crippen LogP contribution in [-0.4, -0.2) is 28.9 Å². The van der Waals surface area contributed by atoms with Gasteiger partial charge in [0.05, 0.1) is 6.04 Å². The minimum absolute atomic E-state index is 0.140. The van der Waals surface area contributed by atoms with Crippen LogP contribution in [-0.2, 0) is 33.8 Å². The van der Waals surface area contributed by atoms with Gasteiger partial charge in [-0.05, 0) is 23.3 Å². The molecule has 3 N–H and O–H groups in total. The molecular weight excluding hydrogens is 378 g/mol. The minimum atomic E-state index is -0.835. The molecule has 0 bridgehead atoms. The highest BCUT2D eigenvalue weighted by atomic mass is 16.5. The predicted octanol–water partition coefficient (Wildman–Crippen LogP) is 2.42. The zero-order valence-corrected chi connectivity index (χ0v) is 16.6. The number of nitrogens with zero attached hydrogens (tertiary/aromatic N) is 1. The molecule has 0 fully saturated rings. The molecule has 6 nitrogen and oxygen atoms in total. The zero-order valence-electron chi connectivity index (χ0n) is 16.6. The highest BCUT2D eigenvalue weighted by Gasteiger charge is 2.25. The maximum Gasteiger partial charge on any atom is 0.329 e. The first-order valence-electron chi connectivity index (χ1n) is 9.82. The molecule has 154 valence electrons. The molecule has 0 radical (unpaired) electrons. The van der Waals surface area contributed by atoms with Crippen molar-refractivity contribution in [2.75, 3.05) is 0 Å². The molecule has 30 heavy (non-hydrogen) atoms. The topological polar surface area (TPSA) is 94.3 Å². The summed E-state index contributed by atoms with van der Waals surface area (Å²) in [6, 6.07) is 22.7. The van der Waals surface area contributed by atoms with Gasteiger partial charge in [-0.1, -0.05) is 66.7 Å². The number of nitrogens with two attached hydrogens (primary N) is 1. The van der Waals surface area contributed by atoms with Crippen molar-refractivity contribution >= 4 is 11.9 Å². The van der Waals surface area contributed by atoms with E-state index in [9.17, 15) is 9.59 Å². The van der Waals surface area contributed by atoms with Crippen LogP contribution in [0.15, 0.2) is 85.1 Å². The number of amides is 1. The second-order valence-corrected chi connectivity index (χ2v) is 6.98. The number of aromatic nitrogens is 1. The SMILES string of the molecule is N[C@@H](Cc1ccccn1)C(=O)N[C@@H](Cc1ccccc1)C(=O)OCc1ccccc1. The summed E-state index contributed by atoms with van der Waals surface area (Å²) in [5, 5.41) is 2.76. The van der Waals surface area contributed by atoms with Crippen LogP contribution in [0, 0.1) is 0 Å². The normalized spacial score (nSPS) is 12.6. The molecule has 0 unspecified atom stereocenters. The lowest BCUT2D eigenvalue weighted by molar-refractivity contribution is -0.149. The van der Waals surface area contributed by atoms with Gasteiger partial charge in [0.25, 0.3) is 0 Å². The summed E-state index contributed by atoms with van der Waals surface area (Å²) >= 11 is 0. The van der Waals surface area contributed by atoms with E-state index >= 15 is 0 Å². The Bertz CT molecular complexity index is 934. The fraction of sp³-hybridized carbons (Fsp3) is 0.208. The van der Waals surface area contributed by atoms with Crippen molar-refractivity contribution in [3.05, 3.63) is 102 Å². The monoisotopic (exact) mass is 403 g/mol. The Morgan fingerprint density at radius 3 is 2.13 bits per heavy atom. The second-order valence-electron chi connectivity index (χ2n) is 6.98. The van der Waals surface area contributed by atoms with Crippen molar-refractivity contribution in [1.82, 2.24) is 10.3 Å². The fourth-order valence-corrected chi connectivity index (χ4v) is 2.99. The van der Waals surface area contributed by atoms with E-state index in [-0.39, 0.29) is 13.0 Å². The third kappa shape index (κ3) is 6.53. The van der Waals surface area contributed by atoms with Crippen LogP contribution in [0.3, 0.4) is 0 Å². The Labute approximate surface area is 176 Å². The van der Waals surface area contributed by atoms with Gasteiger partial charge in [0.1, 0.15) is 12.6 Å². The largest absolute Gasteiger partial charge is 0.459 e. The Morgan fingerprint density at radius 2 is 1.50 bits per heavy atom. The van der Waals surface area contributed by atoms with Crippen molar-refractivity contribution in [3.8, 4) is 0 Å². The number of rotatable bonds is 9. The first-order chi connectivity index (χ1) is 14.6. The summed E-state index contributed by atoms with van der Waals surface area (Å²) in [7, 11) is 0. The standard InChI is InChI=1S/C24H25N3O3/c25-21(16-20-13-7-8-14-26-20)23(28)27-22(15-18-9-3-1-4-10-18)24(29)30-17-19-11-5-2-6-12-19/h1-14,21-22H,15-17,25H2,(H,27,28)/t21-,22-/m0/s1. The van der Waals surface area contributed by atoms with Gasteiger partial charge in [-0.2, -0.15) is 0 Å². The number of carbonyl (C=O) groups is 2. The third-order valence-corrected chi connectivity index (χ3v) is 4.60. The van der Waals surface area contributed by atoms with Crippen LogP contribution >= 0.6 is 0 Å². The highest BCUT2D eigenvalue weighted by molar-refractivity contribution is 5.87. The summed E-state index contributed by atoms with van der Waals surface area (Å²) in [5.74, 6) is -0.917. The first kappa shape index (κ1) is 21.2. The van der Waals surface area contributed by atoms with Crippen LogP contribution in [0.1, 0.15) is 16.8 Å². The van der Waals surface area contributed by atoms with E-state index in [1.165, 1.54) is 0 Å². The van der Waals surface area contributed by atoms with Crippen molar-refractivity contribution in [3.63, 3.8) is 0 Å². The summed E-state index contributed by atoms with van der Waals surface area (Å²) in [6.45, 7) is 0.140. The van der Waals surface area contributed by atoms with E-state index in [1.807, 2.05) is 72.8 Å². The number of nitrogens with one attached hydrogen (secondary N) is 1. The minimum Gasteiger partial charge on any atom is -0.459 e. The van der Waals surface area contributed by atoms with Crippen molar-refractivity contribution in [2.24, 2.45) is 5.73 Å². The van der Waals surface area contributed by atoms with Crippen LogP contribution in [0.2, 0.25) is 0 Å².